The molecule has 0 bridgehead atoms. The molecule has 0 heterocycles. The van der Waals surface area contributed by atoms with Gasteiger partial charge in [0.05, 0.1) is 27.4 Å². The molecule has 0 saturated carbocycles. The predicted octanol–water partition coefficient (Wildman–Crippen LogP) is 5.75. The summed E-state index contributed by atoms with van der Waals surface area (Å²) in [6.07, 6.45) is 2.62. The third kappa shape index (κ3) is 10.2. The summed E-state index contributed by atoms with van der Waals surface area (Å²) in [6, 6.07) is 18.6. The first kappa shape index (κ1) is 34.9. The molecule has 0 saturated heterocycles. The second kappa shape index (κ2) is 15.4. The Morgan fingerprint density at radius 2 is 1.09 bits per heavy atom. The molecule has 9 nitrogen and oxygen atoms in total. The third-order valence-corrected chi connectivity index (χ3v) is 11.5. The Morgan fingerprint density at radius 1 is 0.628 bits per heavy atom. The van der Waals surface area contributed by atoms with Crippen LogP contribution in [0.1, 0.15) is 55.7 Å². The van der Waals surface area contributed by atoms with Gasteiger partial charge in [-0.1, -0.05) is 85.7 Å². The first-order valence-electron chi connectivity index (χ1n) is 14.3. The molecule has 0 amide bonds. The van der Waals surface area contributed by atoms with Crippen molar-refractivity contribution in [1.29, 1.82) is 0 Å². The Balaban J connectivity index is 1.89. The van der Waals surface area contributed by atoms with Crippen LogP contribution in [0.25, 0.3) is 0 Å². The molecular weight excluding hydrogens is 611 g/mol. The number of sulfonamides is 1. The van der Waals surface area contributed by atoms with Crippen molar-refractivity contribution >= 4 is 30.3 Å². The van der Waals surface area contributed by atoms with E-state index in [2.05, 4.69) is 6.92 Å². The Hall–Kier alpha value is -2.61. The molecular formula is C31H41NO8S3. The Kier molecular flexibility index (Phi) is 12.5. The Labute approximate surface area is 257 Å². The van der Waals surface area contributed by atoms with Crippen LogP contribution in [0.4, 0.5) is 0 Å². The average Bonchev–Trinajstić information content (AvgIpc) is 2.95. The molecule has 0 aliphatic carbocycles. The molecule has 1 atom stereocenters. The molecule has 12 heteroatoms. The smallest absolute Gasteiger partial charge is 0.265 e. The van der Waals surface area contributed by atoms with Gasteiger partial charge in [0.25, 0.3) is 20.2 Å². The predicted molar refractivity (Wildman–Crippen MR) is 166 cm³/mol. The SMILES string of the molecule is CCCCCCC(CN(CCOS(=O)(=O)c1ccc(C)cc1)S(=O)(=O)c1ccc(C)cc1)OS(=O)(=O)c1ccc(C)cc1. The number of rotatable bonds is 17. The van der Waals surface area contributed by atoms with Gasteiger partial charge in [0, 0.05) is 13.1 Å². The lowest BCUT2D eigenvalue weighted by Gasteiger charge is -2.27. The average molecular weight is 652 g/mol. The van der Waals surface area contributed by atoms with E-state index < -0.39 is 43.0 Å². The van der Waals surface area contributed by atoms with E-state index in [0.717, 1.165) is 40.3 Å². The molecule has 0 spiro atoms. The molecule has 3 rings (SSSR count). The van der Waals surface area contributed by atoms with E-state index >= 15 is 0 Å². The fourth-order valence-electron chi connectivity index (χ4n) is 4.33. The first-order chi connectivity index (χ1) is 20.2. The Morgan fingerprint density at radius 3 is 1.58 bits per heavy atom. The highest BCUT2D eigenvalue weighted by molar-refractivity contribution is 7.89. The van der Waals surface area contributed by atoms with Gasteiger partial charge < -0.3 is 0 Å². The van der Waals surface area contributed by atoms with Gasteiger partial charge in [-0.2, -0.15) is 21.1 Å². The zero-order valence-corrected chi connectivity index (χ0v) is 27.5. The molecule has 1 unspecified atom stereocenters. The maximum Gasteiger partial charge on any atom is 0.297 e. The molecule has 3 aromatic carbocycles. The zero-order chi connectivity index (χ0) is 31.7. The summed E-state index contributed by atoms with van der Waals surface area (Å²) in [5, 5.41) is 0. The van der Waals surface area contributed by atoms with Gasteiger partial charge in [-0.3, -0.25) is 8.37 Å². The molecule has 0 fully saturated rings. The number of nitrogens with zero attached hydrogens (tertiary/aromatic N) is 1. The highest BCUT2D eigenvalue weighted by atomic mass is 32.2. The number of unbranched alkanes of at least 4 members (excludes halogenated alkanes) is 3. The van der Waals surface area contributed by atoms with Crippen molar-refractivity contribution in [3.8, 4) is 0 Å². The van der Waals surface area contributed by atoms with Crippen LogP contribution in [0.2, 0.25) is 0 Å². The summed E-state index contributed by atoms with van der Waals surface area (Å²) >= 11 is 0. The monoisotopic (exact) mass is 651 g/mol. The molecule has 0 aromatic heterocycles. The summed E-state index contributed by atoms with van der Waals surface area (Å²) in [4.78, 5) is -0.0879. The second-order valence-corrected chi connectivity index (χ2v) is 15.7. The molecule has 0 aliphatic heterocycles. The van der Waals surface area contributed by atoms with E-state index in [-0.39, 0.29) is 34.2 Å². The van der Waals surface area contributed by atoms with Crippen LogP contribution in [0.15, 0.2) is 87.5 Å². The van der Waals surface area contributed by atoms with Crippen LogP contribution in [0.5, 0.6) is 0 Å². The van der Waals surface area contributed by atoms with Gasteiger partial charge in [-0.25, -0.2) is 8.42 Å². The van der Waals surface area contributed by atoms with Crippen molar-refractivity contribution in [3.63, 3.8) is 0 Å². The minimum Gasteiger partial charge on any atom is -0.265 e. The summed E-state index contributed by atoms with van der Waals surface area (Å²) in [5.74, 6) is 0. The van der Waals surface area contributed by atoms with Gasteiger partial charge >= 0.3 is 0 Å². The summed E-state index contributed by atoms with van der Waals surface area (Å²) in [6.45, 7) is 6.40. The number of hydrogen-bond donors (Lipinski definition) is 0. The van der Waals surface area contributed by atoms with E-state index in [4.69, 9.17) is 8.37 Å². The van der Waals surface area contributed by atoms with Crippen LogP contribution in [0, 0.1) is 20.8 Å². The van der Waals surface area contributed by atoms with Crippen molar-refractivity contribution in [2.75, 3.05) is 19.7 Å². The van der Waals surface area contributed by atoms with Crippen LogP contribution in [-0.4, -0.2) is 55.4 Å². The minimum atomic E-state index is -4.21. The maximum absolute atomic E-state index is 13.8. The maximum atomic E-state index is 13.8. The van der Waals surface area contributed by atoms with Crippen LogP contribution in [-0.2, 0) is 38.6 Å². The van der Waals surface area contributed by atoms with Crippen molar-refractivity contribution in [2.45, 2.75) is 80.6 Å². The molecule has 0 N–H and O–H groups in total. The van der Waals surface area contributed by atoms with Crippen LogP contribution < -0.4 is 0 Å². The van der Waals surface area contributed by atoms with Gasteiger partial charge in [0.15, 0.2) is 0 Å². The lowest BCUT2D eigenvalue weighted by molar-refractivity contribution is 0.156. The topological polar surface area (TPSA) is 124 Å². The third-order valence-electron chi connectivity index (χ3n) is 6.91. The van der Waals surface area contributed by atoms with Crippen LogP contribution in [0.3, 0.4) is 0 Å². The number of hydrogen-bond acceptors (Lipinski definition) is 8. The number of benzene rings is 3. The van der Waals surface area contributed by atoms with E-state index in [0.29, 0.717) is 6.42 Å². The van der Waals surface area contributed by atoms with Crippen molar-refractivity contribution < 1.29 is 33.6 Å². The van der Waals surface area contributed by atoms with Crippen LogP contribution >= 0.6 is 0 Å². The molecule has 43 heavy (non-hydrogen) atoms. The van der Waals surface area contributed by atoms with Gasteiger partial charge in [0.2, 0.25) is 10.0 Å². The van der Waals surface area contributed by atoms with Gasteiger partial charge in [-0.15, -0.1) is 0 Å². The highest BCUT2D eigenvalue weighted by Crippen LogP contribution is 2.23. The van der Waals surface area contributed by atoms with Crippen molar-refractivity contribution in [3.05, 3.63) is 89.5 Å². The normalized spacial score (nSPS) is 13.3. The van der Waals surface area contributed by atoms with Gasteiger partial charge in [-0.05, 0) is 63.6 Å². The molecule has 3 aromatic rings. The second-order valence-electron chi connectivity index (χ2n) is 10.6. The van der Waals surface area contributed by atoms with E-state index in [1.165, 1.54) is 36.4 Å². The molecule has 236 valence electrons. The van der Waals surface area contributed by atoms with E-state index in [1.54, 1.807) is 36.4 Å². The quantitative estimate of drug-likeness (QED) is 0.134. The molecule has 0 radical (unpaired) electrons. The van der Waals surface area contributed by atoms with Crippen molar-refractivity contribution in [1.82, 2.24) is 4.31 Å². The van der Waals surface area contributed by atoms with E-state index in [1.807, 2.05) is 20.8 Å². The fraction of sp³-hybridized carbons (Fsp3) is 0.419. The molecule has 0 aliphatic rings. The Bertz CT molecular complexity index is 1640. The summed E-state index contributed by atoms with van der Waals surface area (Å²) < 4.78 is 91.5. The van der Waals surface area contributed by atoms with E-state index in [9.17, 15) is 25.3 Å². The highest BCUT2D eigenvalue weighted by Gasteiger charge is 2.31. The first-order valence-corrected chi connectivity index (χ1v) is 18.5. The van der Waals surface area contributed by atoms with Crippen molar-refractivity contribution in [2.24, 2.45) is 0 Å². The lowest BCUT2D eigenvalue weighted by Crippen LogP contribution is -2.41. The largest absolute Gasteiger partial charge is 0.297 e. The zero-order valence-electron chi connectivity index (χ0n) is 25.1. The standard InChI is InChI=1S/C31H41NO8S3/c1-5-6-7-8-9-28(40-43(37,38)31-20-14-27(4)15-21-31)24-32(41(33,34)29-16-10-25(2)11-17-29)22-23-39-42(35,36)30-18-12-26(3)13-19-30/h10-21,28H,5-9,22-24H2,1-4H3. The minimum absolute atomic E-state index is 0.00869. The number of aryl methyl sites for hydroxylation is 3. The summed E-state index contributed by atoms with van der Waals surface area (Å²) in [5.41, 5.74) is 2.62. The lowest BCUT2D eigenvalue weighted by atomic mass is 10.1. The van der Waals surface area contributed by atoms with Gasteiger partial charge in [0.1, 0.15) is 0 Å². The summed E-state index contributed by atoms with van der Waals surface area (Å²) in [7, 11) is -12.5. The fourth-order valence-corrected chi connectivity index (χ4v) is 7.78.